The quantitative estimate of drug-likeness (QED) is 0.675. The van der Waals surface area contributed by atoms with E-state index in [1.54, 1.807) is 6.07 Å². The van der Waals surface area contributed by atoms with E-state index in [0.29, 0.717) is 22.7 Å². The summed E-state index contributed by atoms with van der Waals surface area (Å²) in [7, 11) is 0. The van der Waals surface area contributed by atoms with Crippen molar-refractivity contribution in [2.45, 2.75) is 31.7 Å². The van der Waals surface area contributed by atoms with Crippen molar-refractivity contribution >= 4 is 38.2 Å². The van der Waals surface area contributed by atoms with E-state index in [9.17, 15) is 9.59 Å². The summed E-state index contributed by atoms with van der Waals surface area (Å²) in [5.41, 5.74) is 6.43. The molecule has 5 nitrogen and oxygen atoms in total. The molecular weight excluding hydrogens is 334 g/mol. The number of benzene rings is 1. The van der Waals surface area contributed by atoms with E-state index in [4.69, 9.17) is 5.73 Å². The minimum atomic E-state index is -0.148. The molecule has 3 aromatic rings. The highest BCUT2D eigenvalue weighted by Crippen LogP contribution is 2.30. The number of H-pyrrole nitrogens is 1. The molecule has 1 aromatic carbocycles. The van der Waals surface area contributed by atoms with Crippen molar-refractivity contribution < 1.29 is 4.79 Å². The van der Waals surface area contributed by atoms with Gasteiger partial charge in [-0.25, -0.2) is 0 Å². The molecule has 2 aromatic heterocycles. The van der Waals surface area contributed by atoms with Gasteiger partial charge in [0.2, 0.25) is 0 Å². The molecule has 2 heterocycles. The number of carbonyl (C=O) groups excluding carboxylic acids is 1. The van der Waals surface area contributed by atoms with Crippen LogP contribution in [0.5, 0.6) is 0 Å². The number of nitrogens with one attached hydrogen (secondary N) is 2. The third kappa shape index (κ3) is 3.07. The van der Waals surface area contributed by atoms with E-state index in [1.807, 2.05) is 24.3 Å². The normalized spacial score (nSPS) is 20.8. The molecule has 0 spiro atoms. The maximum Gasteiger partial charge on any atom is 0.261 e. The topological polar surface area (TPSA) is 88.0 Å². The van der Waals surface area contributed by atoms with Gasteiger partial charge in [0.1, 0.15) is 0 Å². The summed E-state index contributed by atoms with van der Waals surface area (Å²) >= 11 is 1.39. The highest BCUT2D eigenvalue weighted by molar-refractivity contribution is 7.21. The molecule has 6 heteroatoms. The van der Waals surface area contributed by atoms with E-state index < -0.39 is 0 Å². The number of thiophene rings is 1. The molecule has 130 valence electrons. The zero-order valence-electron chi connectivity index (χ0n) is 13.9. The lowest BCUT2D eigenvalue weighted by Gasteiger charge is -2.28. The number of aromatic amines is 1. The molecule has 0 saturated heterocycles. The van der Waals surface area contributed by atoms with Crippen LogP contribution in [0.25, 0.3) is 21.0 Å². The molecular formula is C19H21N3O2S. The number of pyridine rings is 1. The second-order valence-electron chi connectivity index (χ2n) is 6.79. The van der Waals surface area contributed by atoms with Crippen molar-refractivity contribution in [1.82, 2.24) is 10.3 Å². The lowest BCUT2D eigenvalue weighted by atomic mass is 9.86. The Kier molecular flexibility index (Phi) is 4.31. The molecule has 2 unspecified atom stereocenters. The van der Waals surface area contributed by atoms with Crippen molar-refractivity contribution in [3.05, 3.63) is 45.6 Å². The van der Waals surface area contributed by atoms with Gasteiger partial charge < -0.3 is 16.0 Å². The molecule has 25 heavy (non-hydrogen) atoms. The third-order valence-electron chi connectivity index (χ3n) is 5.07. The summed E-state index contributed by atoms with van der Waals surface area (Å²) in [6, 6.07) is 9.57. The smallest absolute Gasteiger partial charge is 0.261 e. The molecule has 4 rings (SSSR count). The number of aromatic nitrogens is 1. The third-order valence-corrected chi connectivity index (χ3v) is 6.24. The molecule has 0 bridgehead atoms. The van der Waals surface area contributed by atoms with Gasteiger partial charge in [0, 0.05) is 21.6 Å². The number of rotatable bonds is 3. The van der Waals surface area contributed by atoms with E-state index in [1.165, 1.54) is 11.3 Å². The summed E-state index contributed by atoms with van der Waals surface area (Å²) in [4.78, 5) is 28.5. The Labute approximate surface area is 149 Å². The van der Waals surface area contributed by atoms with Crippen LogP contribution in [0.2, 0.25) is 0 Å². The number of fused-ring (bicyclic) bond motifs is 3. The van der Waals surface area contributed by atoms with Gasteiger partial charge in [-0.15, -0.1) is 11.3 Å². The van der Waals surface area contributed by atoms with Crippen LogP contribution in [0.4, 0.5) is 0 Å². The lowest BCUT2D eigenvalue weighted by Crippen LogP contribution is -2.39. The monoisotopic (exact) mass is 355 g/mol. The van der Waals surface area contributed by atoms with E-state index in [-0.39, 0.29) is 17.5 Å². The summed E-state index contributed by atoms with van der Waals surface area (Å²) < 4.78 is 0.868. The minimum Gasteiger partial charge on any atom is -0.349 e. The van der Waals surface area contributed by atoms with Crippen molar-refractivity contribution in [3.63, 3.8) is 0 Å². The van der Waals surface area contributed by atoms with Crippen molar-refractivity contribution in [3.8, 4) is 0 Å². The van der Waals surface area contributed by atoms with Crippen LogP contribution in [0.15, 0.2) is 35.1 Å². The van der Waals surface area contributed by atoms with Crippen LogP contribution >= 0.6 is 11.3 Å². The van der Waals surface area contributed by atoms with E-state index in [2.05, 4.69) is 10.3 Å². The van der Waals surface area contributed by atoms with Gasteiger partial charge in [0.25, 0.3) is 11.5 Å². The fourth-order valence-electron chi connectivity index (χ4n) is 3.74. The van der Waals surface area contributed by atoms with Gasteiger partial charge in [-0.2, -0.15) is 0 Å². The first kappa shape index (κ1) is 16.3. The number of amides is 1. The molecule has 0 aliphatic heterocycles. The van der Waals surface area contributed by atoms with E-state index in [0.717, 1.165) is 41.3 Å². The van der Waals surface area contributed by atoms with Crippen LogP contribution in [0.1, 0.15) is 35.4 Å². The molecule has 1 aliphatic carbocycles. The van der Waals surface area contributed by atoms with E-state index >= 15 is 0 Å². The van der Waals surface area contributed by atoms with Crippen molar-refractivity contribution in [2.75, 3.05) is 6.54 Å². The number of para-hydroxylation sites is 1. The molecule has 1 aliphatic rings. The second-order valence-corrected chi connectivity index (χ2v) is 7.84. The standard InChI is InChI=1S/C19H21N3O2S/c20-10-11-4-3-5-12(8-11)21-19(24)16-9-14-17(25-16)13-6-1-2-7-15(13)22-18(14)23/h1-2,6-7,9,11-12H,3-5,8,10,20H2,(H,21,24)(H,22,23). The first-order chi connectivity index (χ1) is 12.2. The second kappa shape index (κ2) is 6.61. The maximum absolute atomic E-state index is 12.7. The van der Waals surface area contributed by atoms with Crippen LogP contribution in [-0.4, -0.2) is 23.5 Å². The number of hydrogen-bond acceptors (Lipinski definition) is 4. The first-order valence-corrected chi connectivity index (χ1v) is 9.53. The Morgan fingerprint density at radius 1 is 1.28 bits per heavy atom. The predicted octanol–water partition coefficient (Wildman–Crippen LogP) is 2.99. The fraction of sp³-hybridized carbons (Fsp3) is 0.368. The molecule has 2 atom stereocenters. The van der Waals surface area contributed by atoms with Gasteiger partial charge in [-0.1, -0.05) is 24.6 Å². The van der Waals surface area contributed by atoms with Gasteiger partial charge in [-0.3, -0.25) is 9.59 Å². The summed E-state index contributed by atoms with van der Waals surface area (Å²) in [5, 5.41) is 4.69. The minimum absolute atomic E-state index is 0.0904. The van der Waals surface area contributed by atoms with Crippen LogP contribution in [-0.2, 0) is 0 Å². The van der Waals surface area contributed by atoms with Crippen LogP contribution in [0.3, 0.4) is 0 Å². The van der Waals surface area contributed by atoms with Gasteiger partial charge in [0.05, 0.1) is 10.3 Å². The molecule has 1 saturated carbocycles. The van der Waals surface area contributed by atoms with Gasteiger partial charge in [0.15, 0.2) is 0 Å². The summed E-state index contributed by atoms with van der Waals surface area (Å²) in [5.74, 6) is 0.403. The fourth-order valence-corrected chi connectivity index (χ4v) is 4.84. The van der Waals surface area contributed by atoms with Crippen molar-refractivity contribution in [2.24, 2.45) is 11.7 Å². The average Bonchev–Trinajstić information content (AvgIpc) is 3.08. The Morgan fingerprint density at radius 3 is 2.96 bits per heavy atom. The van der Waals surface area contributed by atoms with Gasteiger partial charge >= 0.3 is 0 Å². The molecule has 4 N–H and O–H groups in total. The maximum atomic E-state index is 12.7. The number of nitrogens with two attached hydrogens (primary N) is 1. The van der Waals surface area contributed by atoms with Crippen LogP contribution in [0, 0.1) is 5.92 Å². The first-order valence-electron chi connectivity index (χ1n) is 8.71. The lowest BCUT2D eigenvalue weighted by molar-refractivity contribution is 0.0924. The van der Waals surface area contributed by atoms with Gasteiger partial charge in [-0.05, 0) is 43.9 Å². The SMILES string of the molecule is NCC1CCCC(NC(=O)c2cc3c(=O)[nH]c4ccccc4c3s2)C1. The zero-order valence-corrected chi connectivity index (χ0v) is 14.7. The zero-order chi connectivity index (χ0) is 17.4. The Balaban J connectivity index is 1.65. The highest BCUT2D eigenvalue weighted by atomic mass is 32.1. The number of hydrogen-bond donors (Lipinski definition) is 3. The molecule has 1 fully saturated rings. The predicted molar refractivity (Wildman–Crippen MR) is 102 cm³/mol. The Morgan fingerprint density at radius 2 is 2.12 bits per heavy atom. The largest absolute Gasteiger partial charge is 0.349 e. The summed E-state index contributed by atoms with van der Waals surface area (Å²) in [6.45, 7) is 0.677. The molecule has 0 radical (unpaired) electrons. The number of carbonyl (C=O) groups is 1. The van der Waals surface area contributed by atoms with Crippen molar-refractivity contribution in [1.29, 1.82) is 0 Å². The Hall–Kier alpha value is -2.18. The van der Waals surface area contributed by atoms with Crippen LogP contribution < -0.4 is 16.6 Å². The Bertz CT molecular complexity index is 991. The average molecular weight is 355 g/mol. The highest BCUT2D eigenvalue weighted by Gasteiger charge is 2.23. The summed E-state index contributed by atoms with van der Waals surface area (Å²) in [6.07, 6.45) is 4.18. The molecule has 1 amide bonds.